The van der Waals surface area contributed by atoms with Gasteiger partial charge in [0.1, 0.15) is 12.4 Å². The Hall–Kier alpha value is -2.58. The topological polar surface area (TPSA) is 38.8 Å². The van der Waals surface area contributed by atoms with Crippen molar-refractivity contribution in [3.05, 3.63) is 92.6 Å². The molecule has 4 nitrogen and oxygen atoms in total. The zero-order valence-corrected chi connectivity index (χ0v) is 20.3. The standard InChI is InChI=1S/C24H16Cl2FNO3S2/c1-30-20-8-5-14(9-21(20)31-13-15-6-7-16(25)11-19(15)26)10-22-23(29)28(24(32)33-22)18-4-2-3-17(27)12-18/h2-12H,13H2,1H3/b22-10-. The SMILES string of the molecule is COc1ccc(/C=C2\SC(=S)N(c3cccc(F)c3)C2=O)cc1OCc1ccc(Cl)cc1Cl. The maximum absolute atomic E-state index is 13.6. The normalized spacial score (nSPS) is 14.8. The number of hydrogen-bond donors (Lipinski definition) is 0. The Balaban J connectivity index is 1.58. The van der Waals surface area contributed by atoms with E-state index in [1.54, 1.807) is 55.7 Å². The summed E-state index contributed by atoms with van der Waals surface area (Å²) in [5.41, 5.74) is 1.87. The molecule has 9 heteroatoms. The molecule has 1 amide bonds. The molecule has 0 unspecified atom stereocenters. The van der Waals surface area contributed by atoms with E-state index in [1.807, 2.05) is 0 Å². The highest BCUT2D eigenvalue weighted by molar-refractivity contribution is 8.27. The van der Waals surface area contributed by atoms with Crippen LogP contribution >= 0.6 is 47.2 Å². The molecule has 3 aromatic rings. The average molecular weight is 520 g/mol. The van der Waals surface area contributed by atoms with Crippen LogP contribution in [-0.4, -0.2) is 17.3 Å². The van der Waals surface area contributed by atoms with Gasteiger partial charge in [-0.3, -0.25) is 9.69 Å². The van der Waals surface area contributed by atoms with Crippen molar-refractivity contribution in [2.75, 3.05) is 12.0 Å². The fourth-order valence-electron chi connectivity index (χ4n) is 3.15. The van der Waals surface area contributed by atoms with E-state index in [4.69, 9.17) is 44.9 Å². The van der Waals surface area contributed by atoms with Gasteiger partial charge >= 0.3 is 0 Å². The lowest BCUT2D eigenvalue weighted by Gasteiger charge is -2.14. The first-order valence-electron chi connectivity index (χ1n) is 9.64. The van der Waals surface area contributed by atoms with Crippen LogP contribution in [0.4, 0.5) is 10.1 Å². The molecule has 0 N–H and O–H groups in total. The smallest absolute Gasteiger partial charge is 0.270 e. The van der Waals surface area contributed by atoms with Gasteiger partial charge in [0.15, 0.2) is 15.8 Å². The van der Waals surface area contributed by atoms with E-state index in [-0.39, 0.29) is 12.5 Å². The molecule has 168 valence electrons. The van der Waals surface area contributed by atoms with Gasteiger partial charge in [-0.2, -0.15) is 0 Å². The van der Waals surface area contributed by atoms with Crippen LogP contribution in [0.1, 0.15) is 11.1 Å². The molecule has 1 saturated heterocycles. The van der Waals surface area contributed by atoms with Crippen LogP contribution in [0.15, 0.2) is 65.6 Å². The van der Waals surface area contributed by atoms with E-state index in [9.17, 15) is 9.18 Å². The lowest BCUT2D eigenvalue weighted by atomic mass is 10.1. The summed E-state index contributed by atoms with van der Waals surface area (Å²) in [6.07, 6.45) is 1.71. The zero-order valence-electron chi connectivity index (χ0n) is 17.2. The van der Waals surface area contributed by atoms with Crippen molar-refractivity contribution >= 4 is 69.2 Å². The van der Waals surface area contributed by atoms with Crippen LogP contribution in [0.2, 0.25) is 10.0 Å². The number of hydrogen-bond acceptors (Lipinski definition) is 5. The Morgan fingerprint density at radius 2 is 1.91 bits per heavy atom. The summed E-state index contributed by atoms with van der Waals surface area (Å²) in [4.78, 5) is 14.7. The molecule has 0 radical (unpaired) electrons. The second kappa shape index (κ2) is 10.1. The number of amides is 1. The molecule has 4 rings (SSSR count). The van der Waals surface area contributed by atoms with Crippen LogP contribution in [0.5, 0.6) is 11.5 Å². The van der Waals surface area contributed by atoms with Gasteiger partial charge in [0.25, 0.3) is 5.91 Å². The van der Waals surface area contributed by atoms with Crippen molar-refractivity contribution in [1.82, 2.24) is 0 Å². The first-order valence-corrected chi connectivity index (χ1v) is 11.6. The van der Waals surface area contributed by atoms with E-state index in [2.05, 4.69) is 0 Å². The highest BCUT2D eigenvalue weighted by Crippen LogP contribution is 2.37. The maximum atomic E-state index is 13.6. The summed E-state index contributed by atoms with van der Waals surface area (Å²) in [5.74, 6) is 0.257. The number of thioether (sulfide) groups is 1. The van der Waals surface area contributed by atoms with Crippen molar-refractivity contribution in [3.8, 4) is 11.5 Å². The summed E-state index contributed by atoms with van der Waals surface area (Å²) in [5, 5.41) is 1.04. The quantitative estimate of drug-likeness (QED) is 0.256. The predicted molar refractivity (Wildman–Crippen MR) is 136 cm³/mol. The third-order valence-corrected chi connectivity index (χ3v) is 6.63. The molecule has 1 aliphatic rings. The fourth-order valence-corrected chi connectivity index (χ4v) is 4.91. The third kappa shape index (κ3) is 5.33. The molecule has 0 saturated carbocycles. The third-order valence-electron chi connectivity index (χ3n) is 4.74. The first-order chi connectivity index (χ1) is 15.9. The number of methoxy groups -OCH3 is 1. The number of anilines is 1. The molecular weight excluding hydrogens is 504 g/mol. The highest BCUT2D eigenvalue weighted by atomic mass is 35.5. The Morgan fingerprint density at radius 3 is 2.64 bits per heavy atom. The number of nitrogens with zero attached hydrogens (tertiary/aromatic N) is 1. The van der Waals surface area contributed by atoms with Crippen molar-refractivity contribution in [2.24, 2.45) is 0 Å². The van der Waals surface area contributed by atoms with Crippen LogP contribution in [0.25, 0.3) is 6.08 Å². The summed E-state index contributed by atoms with van der Waals surface area (Å²) >= 11 is 18.7. The average Bonchev–Trinajstić information content (AvgIpc) is 3.06. The highest BCUT2D eigenvalue weighted by Gasteiger charge is 2.33. The maximum Gasteiger partial charge on any atom is 0.270 e. The molecule has 3 aromatic carbocycles. The Labute approximate surface area is 209 Å². The molecule has 0 bridgehead atoms. The van der Waals surface area contributed by atoms with Gasteiger partial charge in [0.2, 0.25) is 0 Å². The Bertz CT molecular complexity index is 1280. The van der Waals surface area contributed by atoms with Gasteiger partial charge in [-0.25, -0.2) is 4.39 Å². The molecule has 0 aromatic heterocycles. The summed E-state index contributed by atoms with van der Waals surface area (Å²) in [6.45, 7) is 0.206. The largest absolute Gasteiger partial charge is 0.493 e. The number of benzene rings is 3. The van der Waals surface area contributed by atoms with Crippen LogP contribution in [0.3, 0.4) is 0 Å². The summed E-state index contributed by atoms with van der Waals surface area (Å²) < 4.78 is 25.3. The minimum absolute atomic E-state index is 0.206. The van der Waals surface area contributed by atoms with E-state index in [1.165, 1.54) is 23.1 Å². The molecule has 1 heterocycles. The van der Waals surface area contributed by atoms with E-state index >= 15 is 0 Å². The second-order valence-electron chi connectivity index (χ2n) is 6.93. The van der Waals surface area contributed by atoms with Gasteiger partial charge in [0.05, 0.1) is 17.7 Å². The molecule has 33 heavy (non-hydrogen) atoms. The molecule has 0 aliphatic carbocycles. The molecule has 1 aliphatic heterocycles. The van der Waals surface area contributed by atoms with E-state index in [0.717, 1.165) is 17.3 Å². The van der Waals surface area contributed by atoms with E-state index < -0.39 is 5.82 Å². The lowest BCUT2D eigenvalue weighted by molar-refractivity contribution is -0.113. The summed E-state index contributed by atoms with van der Waals surface area (Å²) in [7, 11) is 1.54. The number of thiocarbonyl (C=S) groups is 1. The minimum atomic E-state index is -0.441. The summed E-state index contributed by atoms with van der Waals surface area (Å²) in [6, 6.07) is 16.2. The molecule has 0 spiro atoms. The number of rotatable bonds is 6. The number of ether oxygens (including phenoxy) is 2. The molecule has 0 atom stereocenters. The van der Waals surface area contributed by atoms with Crippen molar-refractivity contribution in [3.63, 3.8) is 0 Å². The molecular formula is C24H16Cl2FNO3S2. The van der Waals surface area contributed by atoms with Gasteiger partial charge in [-0.05, 0) is 54.1 Å². The second-order valence-corrected chi connectivity index (χ2v) is 9.45. The molecule has 1 fully saturated rings. The number of carbonyl (C=O) groups is 1. The zero-order chi connectivity index (χ0) is 23.5. The van der Waals surface area contributed by atoms with E-state index in [0.29, 0.717) is 42.0 Å². The van der Waals surface area contributed by atoms with Gasteiger partial charge in [0, 0.05) is 15.6 Å². The minimum Gasteiger partial charge on any atom is -0.493 e. The Kier molecular flexibility index (Phi) is 7.24. The number of halogens is 3. The van der Waals surface area contributed by atoms with Crippen LogP contribution < -0.4 is 14.4 Å². The monoisotopic (exact) mass is 519 g/mol. The van der Waals surface area contributed by atoms with Crippen LogP contribution in [0, 0.1) is 5.82 Å². The van der Waals surface area contributed by atoms with Crippen molar-refractivity contribution < 1.29 is 18.7 Å². The number of carbonyl (C=O) groups excluding carboxylic acids is 1. The predicted octanol–water partition coefficient (Wildman–Crippen LogP) is 7.13. The first kappa shape index (κ1) is 23.6. The fraction of sp³-hybridized carbons (Fsp3) is 0.0833. The Morgan fingerprint density at radius 1 is 1.09 bits per heavy atom. The van der Waals surface area contributed by atoms with Crippen molar-refractivity contribution in [1.29, 1.82) is 0 Å². The van der Waals surface area contributed by atoms with Gasteiger partial charge in [-0.15, -0.1) is 0 Å². The van der Waals surface area contributed by atoms with Gasteiger partial charge in [-0.1, -0.05) is 65.4 Å². The van der Waals surface area contributed by atoms with Crippen LogP contribution in [-0.2, 0) is 11.4 Å². The lowest BCUT2D eigenvalue weighted by Crippen LogP contribution is -2.27. The van der Waals surface area contributed by atoms with Gasteiger partial charge < -0.3 is 9.47 Å². The van der Waals surface area contributed by atoms with Crippen molar-refractivity contribution in [2.45, 2.75) is 6.61 Å².